The molecule has 4 heteroatoms. The van der Waals surface area contributed by atoms with Gasteiger partial charge < -0.3 is 15.0 Å². The number of morpholine rings is 1. The van der Waals surface area contributed by atoms with Crippen LogP contribution in [0.3, 0.4) is 0 Å². The highest BCUT2D eigenvalue weighted by atomic mass is 16.5. The highest BCUT2D eigenvalue weighted by Crippen LogP contribution is 2.09. The lowest BCUT2D eigenvalue weighted by Gasteiger charge is -2.35. The Kier molecular flexibility index (Phi) is 7.04. The van der Waals surface area contributed by atoms with Crippen LogP contribution in [0.15, 0.2) is 0 Å². The Bertz CT molecular complexity index is 189. The van der Waals surface area contributed by atoms with E-state index in [9.17, 15) is 0 Å². The normalized spacial score (nSPS) is 26.6. The second-order valence-electron chi connectivity index (χ2n) is 5.42. The van der Waals surface area contributed by atoms with E-state index in [4.69, 9.17) is 4.74 Å². The van der Waals surface area contributed by atoms with Gasteiger partial charge in [-0.1, -0.05) is 0 Å². The maximum Gasteiger partial charge on any atom is 0.0678 e. The number of ether oxygens (including phenoxy) is 1. The Morgan fingerprint density at radius 1 is 1.18 bits per heavy atom. The highest BCUT2D eigenvalue weighted by molar-refractivity contribution is 4.73. The van der Waals surface area contributed by atoms with Gasteiger partial charge >= 0.3 is 0 Å². The van der Waals surface area contributed by atoms with E-state index in [1.807, 2.05) is 0 Å². The maximum atomic E-state index is 5.72. The first-order chi connectivity index (χ1) is 8.08. The molecule has 0 aromatic heterocycles. The first-order valence-electron chi connectivity index (χ1n) is 6.81. The van der Waals surface area contributed by atoms with Crippen molar-refractivity contribution < 1.29 is 4.74 Å². The summed E-state index contributed by atoms with van der Waals surface area (Å²) in [5, 5.41) is 3.51. The molecule has 1 fully saturated rings. The molecule has 0 saturated carbocycles. The summed E-state index contributed by atoms with van der Waals surface area (Å²) in [5.74, 6) is 0. The lowest BCUT2D eigenvalue weighted by molar-refractivity contribution is -0.0674. The van der Waals surface area contributed by atoms with Crippen LogP contribution >= 0.6 is 0 Å². The van der Waals surface area contributed by atoms with Crippen molar-refractivity contribution in [3.8, 4) is 0 Å². The third kappa shape index (κ3) is 6.99. The molecule has 0 aromatic carbocycles. The maximum absolute atomic E-state index is 5.72. The molecule has 4 nitrogen and oxygen atoms in total. The Labute approximate surface area is 106 Å². The molecule has 1 rings (SSSR count). The van der Waals surface area contributed by atoms with Gasteiger partial charge in [-0.15, -0.1) is 0 Å². The van der Waals surface area contributed by atoms with E-state index in [0.717, 1.165) is 32.7 Å². The lowest BCUT2D eigenvalue weighted by atomic mass is 10.2. The summed E-state index contributed by atoms with van der Waals surface area (Å²) in [5.41, 5.74) is 0. The van der Waals surface area contributed by atoms with Crippen molar-refractivity contribution in [2.75, 3.05) is 53.4 Å². The number of nitrogens with one attached hydrogen (secondary N) is 1. The molecule has 0 aliphatic carbocycles. The number of hydrogen-bond donors (Lipinski definition) is 1. The van der Waals surface area contributed by atoms with Gasteiger partial charge in [-0.25, -0.2) is 0 Å². The Hall–Kier alpha value is -0.160. The zero-order valence-electron chi connectivity index (χ0n) is 11.9. The predicted octanol–water partition coefficient (Wildman–Crippen LogP) is 0.637. The number of rotatable bonds is 7. The summed E-state index contributed by atoms with van der Waals surface area (Å²) in [6.07, 6.45) is 1.99. The zero-order valence-corrected chi connectivity index (χ0v) is 11.9. The summed E-state index contributed by atoms with van der Waals surface area (Å²) in [6.45, 7) is 11.0. The predicted molar refractivity (Wildman–Crippen MR) is 72.5 cm³/mol. The van der Waals surface area contributed by atoms with Crippen molar-refractivity contribution >= 4 is 0 Å². The van der Waals surface area contributed by atoms with E-state index in [1.54, 1.807) is 0 Å². The highest BCUT2D eigenvalue weighted by Gasteiger charge is 2.21. The molecule has 17 heavy (non-hydrogen) atoms. The molecule has 102 valence electrons. The Morgan fingerprint density at radius 3 is 2.41 bits per heavy atom. The van der Waals surface area contributed by atoms with Crippen LogP contribution < -0.4 is 5.32 Å². The van der Waals surface area contributed by atoms with E-state index in [1.165, 1.54) is 13.0 Å². The molecule has 1 heterocycles. The SMILES string of the molecule is C[C@@H]1CN(CCNCCCN(C)C)C[C@H](C)O1. The van der Waals surface area contributed by atoms with E-state index in [0.29, 0.717) is 12.2 Å². The minimum atomic E-state index is 0.382. The topological polar surface area (TPSA) is 27.7 Å². The van der Waals surface area contributed by atoms with E-state index >= 15 is 0 Å². The molecule has 0 aromatic rings. The molecule has 0 amide bonds. The third-order valence-corrected chi connectivity index (χ3v) is 3.06. The van der Waals surface area contributed by atoms with Crippen molar-refractivity contribution in [3.63, 3.8) is 0 Å². The molecule has 1 aliphatic rings. The molecule has 1 aliphatic heterocycles. The monoisotopic (exact) mass is 243 g/mol. The number of hydrogen-bond acceptors (Lipinski definition) is 4. The summed E-state index contributed by atoms with van der Waals surface area (Å²) in [6, 6.07) is 0. The largest absolute Gasteiger partial charge is 0.373 e. The molecular weight excluding hydrogens is 214 g/mol. The third-order valence-electron chi connectivity index (χ3n) is 3.06. The Balaban J connectivity index is 1.98. The first kappa shape index (κ1) is 14.9. The average molecular weight is 243 g/mol. The van der Waals surface area contributed by atoms with Gasteiger partial charge in [0.05, 0.1) is 12.2 Å². The first-order valence-corrected chi connectivity index (χ1v) is 6.81. The van der Waals surface area contributed by atoms with Crippen molar-refractivity contribution in [3.05, 3.63) is 0 Å². The smallest absolute Gasteiger partial charge is 0.0678 e. The molecular formula is C13H29N3O. The van der Waals surface area contributed by atoms with E-state index in [-0.39, 0.29) is 0 Å². The van der Waals surface area contributed by atoms with Gasteiger partial charge in [0.2, 0.25) is 0 Å². The van der Waals surface area contributed by atoms with Gasteiger partial charge in [-0.05, 0) is 47.5 Å². The standard InChI is InChI=1S/C13H29N3O/c1-12-10-16(11-13(2)17-12)9-7-14-6-5-8-15(3)4/h12-14H,5-11H2,1-4H3/t12-,13+. The van der Waals surface area contributed by atoms with Crippen LogP contribution in [0.2, 0.25) is 0 Å². The molecule has 2 atom stereocenters. The van der Waals surface area contributed by atoms with Crippen molar-refractivity contribution in [2.45, 2.75) is 32.5 Å². The van der Waals surface area contributed by atoms with Crippen molar-refractivity contribution in [1.82, 2.24) is 15.1 Å². The molecule has 0 bridgehead atoms. The van der Waals surface area contributed by atoms with Gasteiger partial charge in [-0.3, -0.25) is 4.90 Å². The van der Waals surface area contributed by atoms with Crippen LogP contribution in [0.5, 0.6) is 0 Å². The lowest BCUT2D eigenvalue weighted by Crippen LogP contribution is -2.47. The fraction of sp³-hybridized carbons (Fsp3) is 1.00. The van der Waals surface area contributed by atoms with Crippen molar-refractivity contribution in [1.29, 1.82) is 0 Å². The quantitative estimate of drug-likeness (QED) is 0.664. The summed E-state index contributed by atoms with van der Waals surface area (Å²) < 4.78 is 5.72. The van der Waals surface area contributed by atoms with Crippen LogP contribution in [0.25, 0.3) is 0 Å². The summed E-state index contributed by atoms with van der Waals surface area (Å²) >= 11 is 0. The van der Waals surface area contributed by atoms with Crippen LogP contribution in [0.1, 0.15) is 20.3 Å². The van der Waals surface area contributed by atoms with Gasteiger partial charge in [0.15, 0.2) is 0 Å². The Morgan fingerprint density at radius 2 is 1.82 bits per heavy atom. The van der Waals surface area contributed by atoms with Gasteiger partial charge in [0.25, 0.3) is 0 Å². The second kappa shape index (κ2) is 8.03. The molecule has 1 saturated heterocycles. The van der Waals surface area contributed by atoms with Crippen LogP contribution in [-0.4, -0.2) is 75.4 Å². The summed E-state index contributed by atoms with van der Waals surface area (Å²) in [4.78, 5) is 4.73. The zero-order chi connectivity index (χ0) is 12.7. The second-order valence-corrected chi connectivity index (χ2v) is 5.42. The molecule has 1 N–H and O–H groups in total. The fourth-order valence-corrected chi connectivity index (χ4v) is 2.35. The average Bonchev–Trinajstić information content (AvgIpc) is 2.21. The van der Waals surface area contributed by atoms with Crippen LogP contribution in [0.4, 0.5) is 0 Å². The van der Waals surface area contributed by atoms with Crippen LogP contribution in [0, 0.1) is 0 Å². The van der Waals surface area contributed by atoms with E-state index < -0.39 is 0 Å². The minimum Gasteiger partial charge on any atom is -0.373 e. The van der Waals surface area contributed by atoms with E-state index in [2.05, 4.69) is 43.1 Å². The number of nitrogens with zero attached hydrogens (tertiary/aromatic N) is 2. The molecule has 0 radical (unpaired) electrons. The van der Waals surface area contributed by atoms with Gasteiger partial charge in [0, 0.05) is 26.2 Å². The minimum absolute atomic E-state index is 0.382. The molecule has 0 unspecified atom stereocenters. The fourth-order valence-electron chi connectivity index (χ4n) is 2.35. The van der Waals surface area contributed by atoms with Crippen LogP contribution in [-0.2, 0) is 4.74 Å². The van der Waals surface area contributed by atoms with Gasteiger partial charge in [0.1, 0.15) is 0 Å². The summed E-state index contributed by atoms with van der Waals surface area (Å²) in [7, 11) is 4.24. The van der Waals surface area contributed by atoms with Gasteiger partial charge in [-0.2, -0.15) is 0 Å². The van der Waals surface area contributed by atoms with Crippen molar-refractivity contribution in [2.24, 2.45) is 0 Å². The molecule has 0 spiro atoms.